The monoisotopic (exact) mass is 442 g/mol. The van der Waals surface area contributed by atoms with Gasteiger partial charge >= 0.3 is 0 Å². The quantitative estimate of drug-likeness (QED) is 0.438. The maximum atomic E-state index is 6.67. The van der Waals surface area contributed by atoms with Crippen molar-refractivity contribution in [1.82, 2.24) is 0 Å². The van der Waals surface area contributed by atoms with E-state index in [1.165, 1.54) is 32.6 Å². The van der Waals surface area contributed by atoms with E-state index < -0.39 is 8.07 Å². The van der Waals surface area contributed by atoms with E-state index >= 15 is 0 Å². The molecule has 4 rings (SSSR count). The Morgan fingerprint density at radius 2 is 1.66 bits per heavy atom. The third-order valence-corrected chi connectivity index (χ3v) is 10.00. The largest absolute Gasteiger partial charge is 0.497 e. The lowest BCUT2D eigenvalue weighted by Crippen LogP contribution is -2.54. The fourth-order valence-electron chi connectivity index (χ4n) is 4.61. The van der Waals surface area contributed by atoms with Crippen LogP contribution in [0.15, 0.2) is 66.7 Å². The van der Waals surface area contributed by atoms with E-state index in [9.17, 15) is 0 Å². The Morgan fingerprint density at radius 1 is 0.906 bits per heavy atom. The van der Waals surface area contributed by atoms with Gasteiger partial charge in [0.2, 0.25) is 0 Å². The Labute approximate surface area is 193 Å². The maximum Gasteiger partial charge on any atom is 0.123 e. The summed E-state index contributed by atoms with van der Waals surface area (Å²) in [6, 6.07) is 21.6. The first-order chi connectivity index (χ1) is 15.2. The number of fused-ring (bicyclic) bond motifs is 1. The number of hydrogen-bond acceptors (Lipinski definition) is 2. The zero-order valence-corrected chi connectivity index (χ0v) is 21.2. The van der Waals surface area contributed by atoms with Crippen LogP contribution < -0.4 is 19.8 Å². The van der Waals surface area contributed by atoms with Crippen LogP contribution in [-0.4, -0.2) is 15.2 Å². The molecule has 0 spiro atoms. The molecule has 0 saturated carbocycles. The molecular weight excluding hydrogens is 408 g/mol. The van der Waals surface area contributed by atoms with Gasteiger partial charge < -0.3 is 9.47 Å². The molecular formula is C29H34O2Si. The van der Waals surface area contributed by atoms with Gasteiger partial charge in [0.1, 0.15) is 26.2 Å². The molecule has 0 N–H and O–H groups in total. The Balaban J connectivity index is 1.90. The molecule has 0 fully saturated rings. The first-order valence-corrected chi connectivity index (χ1v) is 14.4. The smallest absolute Gasteiger partial charge is 0.123 e. The predicted molar refractivity (Wildman–Crippen MR) is 138 cm³/mol. The van der Waals surface area contributed by atoms with Crippen LogP contribution in [0, 0.1) is 0 Å². The molecule has 3 heteroatoms. The van der Waals surface area contributed by atoms with E-state index in [0.717, 1.165) is 17.9 Å². The van der Waals surface area contributed by atoms with Gasteiger partial charge in [0, 0.05) is 5.56 Å². The molecule has 0 amide bonds. The minimum Gasteiger partial charge on any atom is -0.497 e. The number of allylic oxidation sites excluding steroid dienone is 1. The number of rotatable bonds is 6. The van der Waals surface area contributed by atoms with Crippen LogP contribution in [0.4, 0.5) is 0 Å². The molecule has 0 bridgehead atoms. The molecule has 3 aromatic rings. The molecule has 2 nitrogen and oxygen atoms in total. The third-order valence-electron chi connectivity index (χ3n) is 6.50. The highest BCUT2D eigenvalue weighted by atomic mass is 28.3. The van der Waals surface area contributed by atoms with E-state index in [1.54, 1.807) is 7.11 Å². The van der Waals surface area contributed by atoms with Crippen LogP contribution in [0.3, 0.4) is 0 Å². The summed E-state index contributed by atoms with van der Waals surface area (Å²) < 4.78 is 12.5. The predicted octanol–water partition coefficient (Wildman–Crippen LogP) is 5.96. The van der Waals surface area contributed by atoms with Crippen LogP contribution in [0.25, 0.3) is 6.08 Å². The number of benzene rings is 3. The molecule has 166 valence electrons. The zero-order chi connectivity index (χ0) is 22.9. The highest BCUT2D eigenvalue weighted by molar-refractivity contribution is 7.01. The summed E-state index contributed by atoms with van der Waals surface area (Å²) in [4.78, 5) is 0. The second kappa shape index (κ2) is 8.63. The molecule has 1 aliphatic carbocycles. The average Bonchev–Trinajstić information content (AvgIpc) is 3.26. The van der Waals surface area contributed by atoms with Crippen molar-refractivity contribution >= 4 is 24.5 Å². The lowest BCUT2D eigenvalue weighted by Gasteiger charge is -2.32. The van der Waals surface area contributed by atoms with E-state index in [2.05, 4.69) is 101 Å². The molecule has 0 aromatic heterocycles. The first kappa shape index (κ1) is 22.4. The van der Waals surface area contributed by atoms with Gasteiger partial charge in [0.15, 0.2) is 0 Å². The lowest BCUT2D eigenvalue weighted by molar-refractivity contribution is 0.299. The summed E-state index contributed by atoms with van der Waals surface area (Å²) in [5, 5.41) is 2.76. The van der Waals surface area contributed by atoms with Gasteiger partial charge in [-0.05, 0) is 51.0 Å². The van der Waals surface area contributed by atoms with Crippen LogP contribution >= 0.6 is 0 Å². The topological polar surface area (TPSA) is 18.5 Å². The van der Waals surface area contributed by atoms with Gasteiger partial charge in [0.25, 0.3) is 0 Å². The maximum absolute atomic E-state index is 6.67. The van der Waals surface area contributed by atoms with Gasteiger partial charge in [-0.25, -0.2) is 0 Å². The van der Waals surface area contributed by atoms with Crippen molar-refractivity contribution in [3.05, 3.63) is 89.0 Å². The highest BCUT2D eigenvalue weighted by Crippen LogP contribution is 2.36. The fourth-order valence-corrected chi connectivity index (χ4v) is 7.61. The van der Waals surface area contributed by atoms with Crippen molar-refractivity contribution < 1.29 is 9.47 Å². The van der Waals surface area contributed by atoms with Gasteiger partial charge in [0.05, 0.1) is 7.11 Å². The van der Waals surface area contributed by atoms with Crippen molar-refractivity contribution in [3.8, 4) is 11.5 Å². The van der Waals surface area contributed by atoms with E-state index in [0.29, 0.717) is 6.61 Å². The highest BCUT2D eigenvalue weighted by Gasteiger charge is 2.35. The molecule has 1 aliphatic rings. The van der Waals surface area contributed by atoms with Crippen molar-refractivity contribution in [3.63, 3.8) is 0 Å². The van der Waals surface area contributed by atoms with Crippen molar-refractivity contribution in [2.45, 2.75) is 52.3 Å². The number of ether oxygens (including phenoxy) is 2. The molecule has 3 aromatic carbocycles. The molecule has 0 radical (unpaired) electrons. The van der Waals surface area contributed by atoms with Crippen LogP contribution in [0.5, 0.6) is 11.5 Å². The molecule has 0 aliphatic heterocycles. The summed E-state index contributed by atoms with van der Waals surface area (Å²) in [5.41, 5.74) is 5.13. The third kappa shape index (κ3) is 4.27. The Morgan fingerprint density at radius 3 is 2.34 bits per heavy atom. The number of methoxy groups -OCH3 is 1. The molecule has 0 unspecified atom stereocenters. The van der Waals surface area contributed by atoms with E-state index in [1.807, 2.05) is 6.07 Å². The summed E-state index contributed by atoms with van der Waals surface area (Å²) in [6.45, 7) is 12.2. The van der Waals surface area contributed by atoms with E-state index in [-0.39, 0.29) is 5.41 Å². The summed E-state index contributed by atoms with van der Waals surface area (Å²) >= 11 is 0. The van der Waals surface area contributed by atoms with Crippen molar-refractivity contribution in [1.29, 1.82) is 0 Å². The molecule has 0 atom stereocenters. The SMILES string of the molecule is COc1cc(C(C)(C)C)c(OCc2ccccc2)c([Si](C)(C)c2cccc3c2C=CC3)c1. The van der Waals surface area contributed by atoms with Gasteiger partial charge in [-0.1, -0.05) is 94.5 Å². The van der Waals surface area contributed by atoms with Crippen molar-refractivity contribution in [2.75, 3.05) is 7.11 Å². The minimum absolute atomic E-state index is 0.0711. The molecule has 0 heterocycles. The fraction of sp³-hybridized carbons (Fsp3) is 0.310. The summed E-state index contributed by atoms with van der Waals surface area (Å²) in [7, 11) is -0.352. The second-order valence-electron chi connectivity index (χ2n) is 10.2. The van der Waals surface area contributed by atoms with E-state index in [4.69, 9.17) is 9.47 Å². The molecule has 32 heavy (non-hydrogen) atoms. The normalized spacial score (nSPS) is 13.2. The van der Waals surface area contributed by atoms with Crippen LogP contribution in [0.2, 0.25) is 13.1 Å². The summed E-state index contributed by atoms with van der Waals surface area (Å²) in [5.74, 6) is 1.93. The zero-order valence-electron chi connectivity index (χ0n) is 20.2. The van der Waals surface area contributed by atoms with Crippen LogP contribution in [-0.2, 0) is 18.4 Å². The lowest BCUT2D eigenvalue weighted by atomic mass is 9.86. The minimum atomic E-state index is -2.11. The molecule has 0 saturated heterocycles. The Hall–Kier alpha value is -2.78. The van der Waals surface area contributed by atoms with Gasteiger partial charge in [-0.15, -0.1) is 0 Å². The Kier molecular flexibility index (Phi) is 6.04. The van der Waals surface area contributed by atoms with Crippen molar-refractivity contribution in [2.24, 2.45) is 0 Å². The number of hydrogen-bond donors (Lipinski definition) is 0. The van der Waals surface area contributed by atoms with Crippen LogP contribution in [0.1, 0.15) is 43.0 Å². The Bertz CT molecular complexity index is 1140. The van der Waals surface area contributed by atoms with Gasteiger partial charge in [-0.2, -0.15) is 0 Å². The summed E-state index contributed by atoms with van der Waals surface area (Å²) in [6.07, 6.45) is 5.60. The standard InChI is InChI=1S/C29H34O2Si/c1-29(2,3)25-18-23(30-4)19-27(28(25)31-20-21-12-8-7-9-13-21)32(5,6)26-17-11-15-22-14-10-16-24(22)26/h7-13,15-19H,14,20H2,1-6H3. The van der Waals surface area contributed by atoms with Gasteiger partial charge in [-0.3, -0.25) is 0 Å². The first-order valence-electron chi connectivity index (χ1n) is 11.4. The average molecular weight is 443 g/mol. The second-order valence-corrected chi connectivity index (χ2v) is 14.5.